The highest BCUT2D eigenvalue weighted by Crippen LogP contribution is 2.46. The molecule has 1 aliphatic rings. The molecule has 0 atom stereocenters. The van der Waals surface area contributed by atoms with Gasteiger partial charge >= 0.3 is 0 Å². The molecule has 0 unspecified atom stereocenters. The third-order valence-electron chi connectivity index (χ3n) is 3.05. The Bertz CT molecular complexity index is 664. The van der Waals surface area contributed by atoms with Gasteiger partial charge in [0.15, 0.2) is 11.5 Å². The van der Waals surface area contributed by atoms with Crippen molar-refractivity contribution in [1.29, 1.82) is 0 Å². The van der Waals surface area contributed by atoms with Crippen molar-refractivity contribution < 1.29 is 24.5 Å². The Morgan fingerprint density at radius 2 is 1.67 bits per heavy atom. The van der Waals surface area contributed by atoms with Gasteiger partial charge < -0.3 is 14.9 Å². The summed E-state index contributed by atoms with van der Waals surface area (Å²) in [6.45, 7) is 2.22. The minimum atomic E-state index is -0.716. The molecule has 0 saturated heterocycles. The first-order valence-electron chi connectivity index (χ1n) is 6.26. The standard InChI is InChI=1S/C14H12Cl2O5/c1-2-3-4-21-7-5-6(17)8-9(12(7)18)14(20)11(16)10(15)13(8)19/h5,19-20H,2-4H2,1H3. The van der Waals surface area contributed by atoms with E-state index in [0.29, 0.717) is 6.42 Å². The van der Waals surface area contributed by atoms with E-state index in [2.05, 4.69) is 0 Å². The average molecular weight is 331 g/mol. The van der Waals surface area contributed by atoms with Crippen molar-refractivity contribution in [3.05, 3.63) is 33.0 Å². The smallest absolute Gasteiger partial charge is 0.232 e. The minimum absolute atomic E-state index is 0.186. The lowest BCUT2D eigenvalue weighted by Crippen LogP contribution is -2.19. The van der Waals surface area contributed by atoms with Gasteiger partial charge in [0.1, 0.15) is 21.5 Å². The molecule has 21 heavy (non-hydrogen) atoms. The number of phenols is 2. The SMILES string of the molecule is CCCCOC1=CC(=O)c2c(O)c(Cl)c(Cl)c(O)c2C1=O. The van der Waals surface area contributed by atoms with E-state index in [-0.39, 0.29) is 33.5 Å². The van der Waals surface area contributed by atoms with E-state index in [1.54, 1.807) is 0 Å². The molecule has 1 aromatic carbocycles. The van der Waals surface area contributed by atoms with E-state index in [0.717, 1.165) is 12.5 Å². The fraction of sp³-hybridized carbons (Fsp3) is 0.286. The molecule has 2 rings (SSSR count). The van der Waals surface area contributed by atoms with Gasteiger partial charge in [-0.2, -0.15) is 0 Å². The second-order valence-corrected chi connectivity index (χ2v) is 5.24. The van der Waals surface area contributed by atoms with Crippen molar-refractivity contribution in [3.8, 4) is 11.5 Å². The quantitative estimate of drug-likeness (QED) is 0.652. The molecular weight excluding hydrogens is 319 g/mol. The predicted octanol–water partition coefficient (Wildman–Crippen LogP) is 3.48. The lowest BCUT2D eigenvalue weighted by Gasteiger charge is -2.19. The number of benzene rings is 1. The number of ether oxygens (including phenoxy) is 1. The molecule has 0 fully saturated rings. The topological polar surface area (TPSA) is 83.8 Å². The number of hydrogen-bond acceptors (Lipinski definition) is 5. The summed E-state index contributed by atoms with van der Waals surface area (Å²) >= 11 is 11.5. The van der Waals surface area contributed by atoms with Crippen LogP contribution in [0.4, 0.5) is 0 Å². The first kappa shape index (κ1) is 15.7. The van der Waals surface area contributed by atoms with Crippen LogP contribution in [-0.4, -0.2) is 28.4 Å². The minimum Gasteiger partial charge on any atom is -0.506 e. The molecule has 0 amide bonds. The maximum absolute atomic E-state index is 12.3. The zero-order valence-electron chi connectivity index (χ0n) is 11.1. The highest BCUT2D eigenvalue weighted by atomic mass is 35.5. The van der Waals surface area contributed by atoms with Gasteiger partial charge in [0.25, 0.3) is 0 Å². The maximum atomic E-state index is 12.3. The third-order valence-corrected chi connectivity index (χ3v) is 3.88. The molecule has 0 bridgehead atoms. The van der Waals surface area contributed by atoms with Gasteiger partial charge in [0, 0.05) is 6.08 Å². The number of carbonyl (C=O) groups is 2. The number of aromatic hydroxyl groups is 2. The molecule has 0 aliphatic heterocycles. The van der Waals surface area contributed by atoms with Crippen LogP contribution in [0.2, 0.25) is 10.0 Å². The second kappa shape index (κ2) is 5.95. The van der Waals surface area contributed by atoms with Gasteiger partial charge in [-0.25, -0.2) is 0 Å². The largest absolute Gasteiger partial charge is 0.506 e. The number of unbranched alkanes of at least 4 members (excludes halogenated alkanes) is 1. The summed E-state index contributed by atoms with van der Waals surface area (Å²) in [5.74, 6) is -2.85. The lowest BCUT2D eigenvalue weighted by atomic mass is 9.91. The Kier molecular flexibility index (Phi) is 4.44. The van der Waals surface area contributed by atoms with E-state index in [1.807, 2.05) is 6.92 Å². The van der Waals surface area contributed by atoms with E-state index < -0.39 is 23.1 Å². The Hall–Kier alpha value is -1.72. The summed E-state index contributed by atoms with van der Waals surface area (Å²) in [4.78, 5) is 24.3. The zero-order valence-corrected chi connectivity index (χ0v) is 12.6. The number of hydrogen-bond donors (Lipinski definition) is 2. The average Bonchev–Trinajstić information content (AvgIpc) is 2.46. The molecular formula is C14H12Cl2O5. The number of phenolic OH excluding ortho intramolecular Hbond substituents is 2. The Balaban J connectivity index is 2.52. The van der Waals surface area contributed by atoms with Crippen LogP contribution in [0.15, 0.2) is 11.8 Å². The van der Waals surface area contributed by atoms with Crippen LogP contribution in [0, 0.1) is 0 Å². The van der Waals surface area contributed by atoms with Crippen LogP contribution in [0.5, 0.6) is 11.5 Å². The number of halogens is 2. The van der Waals surface area contributed by atoms with Crippen LogP contribution < -0.4 is 0 Å². The molecule has 2 N–H and O–H groups in total. The Labute approximate surface area is 130 Å². The molecule has 0 aromatic heterocycles. The molecule has 0 saturated carbocycles. The summed E-state index contributed by atoms with van der Waals surface area (Å²) in [5, 5.41) is 19.0. The maximum Gasteiger partial charge on any atom is 0.232 e. The van der Waals surface area contributed by atoms with Gasteiger partial charge in [-0.1, -0.05) is 36.5 Å². The molecule has 5 nitrogen and oxygen atoms in total. The van der Waals surface area contributed by atoms with Gasteiger partial charge in [-0.3, -0.25) is 9.59 Å². The number of carbonyl (C=O) groups excluding carboxylic acids is 2. The van der Waals surface area contributed by atoms with Crippen LogP contribution in [0.1, 0.15) is 40.5 Å². The first-order valence-corrected chi connectivity index (χ1v) is 7.02. The van der Waals surface area contributed by atoms with Crippen molar-refractivity contribution in [2.24, 2.45) is 0 Å². The van der Waals surface area contributed by atoms with E-state index >= 15 is 0 Å². The van der Waals surface area contributed by atoms with Crippen LogP contribution in [0.3, 0.4) is 0 Å². The summed E-state index contributed by atoms with van der Waals surface area (Å²) in [5.41, 5.74) is -0.754. The fourth-order valence-corrected chi connectivity index (χ4v) is 2.31. The Morgan fingerprint density at radius 1 is 1.10 bits per heavy atom. The third kappa shape index (κ3) is 2.59. The number of ketones is 2. The van der Waals surface area contributed by atoms with Crippen LogP contribution >= 0.6 is 23.2 Å². The number of rotatable bonds is 4. The summed E-state index contributed by atoms with van der Waals surface area (Å²) in [7, 11) is 0. The predicted molar refractivity (Wildman–Crippen MR) is 77.4 cm³/mol. The molecule has 7 heteroatoms. The van der Waals surface area contributed by atoms with Gasteiger partial charge in [0.05, 0.1) is 17.7 Å². The van der Waals surface area contributed by atoms with E-state index in [4.69, 9.17) is 27.9 Å². The van der Waals surface area contributed by atoms with Crippen LogP contribution in [0.25, 0.3) is 0 Å². The number of fused-ring (bicyclic) bond motifs is 1. The summed E-state index contributed by atoms with van der Waals surface area (Å²) in [6.07, 6.45) is 2.55. The monoisotopic (exact) mass is 330 g/mol. The molecule has 0 radical (unpaired) electrons. The zero-order chi connectivity index (χ0) is 15.7. The second-order valence-electron chi connectivity index (χ2n) is 4.48. The van der Waals surface area contributed by atoms with Gasteiger partial charge in [-0.05, 0) is 6.42 Å². The van der Waals surface area contributed by atoms with Crippen molar-refractivity contribution in [3.63, 3.8) is 0 Å². The van der Waals surface area contributed by atoms with Crippen LogP contribution in [-0.2, 0) is 4.74 Å². The first-order chi connectivity index (χ1) is 9.90. The highest BCUT2D eigenvalue weighted by Gasteiger charge is 2.35. The molecule has 0 heterocycles. The van der Waals surface area contributed by atoms with Crippen molar-refractivity contribution in [2.45, 2.75) is 19.8 Å². The van der Waals surface area contributed by atoms with Gasteiger partial charge in [-0.15, -0.1) is 0 Å². The molecule has 1 aromatic rings. The fourth-order valence-electron chi connectivity index (χ4n) is 1.94. The Morgan fingerprint density at radius 3 is 2.24 bits per heavy atom. The normalized spacial score (nSPS) is 14.0. The summed E-state index contributed by atoms with van der Waals surface area (Å²) in [6, 6.07) is 0. The summed E-state index contributed by atoms with van der Waals surface area (Å²) < 4.78 is 5.25. The molecule has 1 aliphatic carbocycles. The number of Topliss-reactive ketones (excluding diaryl/α,β-unsaturated/α-hetero) is 1. The lowest BCUT2D eigenvalue weighted by molar-refractivity contribution is 0.0876. The van der Waals surface area contributed by atoms with Crippen molar-refractivity contribution >= 4 is 34.8 Å². The van der Waals surface area contributed by atoms with Gasteiger partial charge in [0.2, 0.25) is 5.78 Å². The van der Waals surface area contributed by atoms with Crippen molar-refractivity contribution in [1.82, 2.24) is 0 Å². The molecule has 0 spiro atoms. The van der Waals surface area contributed by atoms with E-state index in [1.165, 1.54) is 0 Å². The number of allylic oxidation sites excluding steroid dienone is 2. The van der Waals surface area contributed by atoms with Crippen molar-refractivity contribution in [2.75, 3.05) is 6.61 Å². The van der Waals surface area contributed by atoms with E-state index in [9.17, 15) is 19.8 Å². The highest BCUT2D eigenvalue weighted by molar-refractivity contribution is 6.45. The molecule has 112 valence electrons.